The Bertz CT molecular complexity index is 585. The third-order valence-corrected chi connectivity index (χ3v) is 4.54. The Morgan fingerprint density at radius 3 is 2.65 bits per heavy atom. The molecule has 20 heavy (non-hydrogen) atoms. The molecule has 0 radical (unpaired) electrons. The topological polar surface area (TPSA) is 75.3 Å². The van der Waals surface area contributed by atoms with E-state index in [1.165, 1.54) is 0 Å². The van der Waals surface area contributed by atoms with Crippen molar-refractivity contribution in [3.63, 3.8) is 0 Å². The van der Waals surface area contributed by atoms with Crippen LogP contribution in [0.3, 0.4) is 0 Å². The van der Waals surface area contributed by atoms with Gasteiger partial charge in [-0.2, -0.15) is 0 Å². The maximum atomic E-state index is 11.8. The minimum atomic E-state index is -3.39. The number of hydrogen-bond acceptors (Lipinski definition) is 3. The van der Waals surface area contributed by atoms with Gasteiger partial charge in [0.15, 0.2) is 0 Å². The van der Waals surface area contributed by atoms with Crippen molar-refractivity contribution in [3.05, 3.63) is 24.3 Å². The number of carbonyl (C=O) groups is 1. The SMILES string of the molecule is O=C(Nc1cccc(NS(=O)(=O)CCCCl)c1)C1CC1. The van der Waals surface area contributed by atoms with Crippen molar-refractivity contribution in [3.8, 4) is 0 Å². The molecule has 1 saturated carbocycles. The summed E-state index contributed by atoms with van der Waals surface area (Å²) in [7, 11) is -3.39. The van der Waals surface area contributed by atoms with Crippen molar-refractivity contribution in [1.82, 2.24) is 0 Å². The maximum Gasteiger partial charge on any atom is 0.232 e. The van der Waals surface area contributed by atoms with Crippen molar-refractivity contribution >= 4 is 38.9 Å². The second kappa shape index (κ2) is 6.45. The Morgan fingerprint density at radius 2 is 2.00 bits per heavy atom. The van der Waals surface area contributed by atoms with Crippen LogP contribution in [0.2, 0.25) is 0 Å². The fourth-order valence-electron chi connectivity index (χ4n) is 1.73. The average molecular weight is 317 g/mol. The van der Waals surface area contributed by atoms with Gasteiger partial charge < -0.3 is 5.32 Å². The van der Waals surface area contributed by atoms with Gasteiger partial charge in [-0.05, 0) is 37.5 Å². The molecule has 0 aromatic heterocycles. The lowest BCUT2D eigenvalue weighted by Gasteiger charge is -2.09. The summed E-state index contributed by atoms with van der Waals surface area (Å²) < 4.78 is 26.0. The maximum absolute atomic E-state index is 11.8. The minimum Gasteiger partial charge on any atom is -0.326 e. The first-order chi connectivity index (χ1) is 9.50. The van der Waals surface area contributed by atoms with E-state index >= 15 is 0 Å². The van der Waals surface area contributed by atoms with Gasteiger partial charge in [0.25, 0.3) is 0 Å². The van der Waals surface area contributed by atoms with E-state index in [0.717, 1.165) is 12.8 Å². The number of anilines is 2. The van der Waals surface area contributed by atoms with Crippen molar-refractivity contribution in [2.45, 2.75) is 19.3 Å². The third kappa shape index (κ3) is 4.68. The van der Waals surface area contributed by atoms with Gasteiger partial charge in [-0.3, -0.25) is 9.52 Å². The van der Waals surface area contributed by atoms with E-state index in [4.69, 9.17) is 11.6 Å². The predicted octanol–water partition coefficient (Wildman–Crippen LogP) is 2.41. The fraction of sp³-hybridized carbons (Fsp3) is 0.462. The highest BCUT2D eigenvalue weighted by atomic mass is 35.5. The molecule has 1 aliphatic carbocycles. The summed E-state index contributed by atoms with van der Waals surface area (Å²) in [4.78, 5) is 11.6. The molecule has 1 fully saturated rings. The van der Waals surface area contributed by atoms with E-state index in [0.29, 0.717) is 23.7 Å². The highest BCUT2D eigenvalue weighted by Crippen LogP contribution is 2.30. The second-order valence-corrected chi connectivity index (χ2v) is 7.03. The second-order valence-electron chi connectivity index (χ2n) is 4.81. The van der Waals surface area contributed by atoms with Crippen LogP contribution in [0.25, 0.3) is 0 Å². The number of halogens is 1. The van der Waals surface area contributed by atoms with Crippen molar-refractivity contribution in [1.29, 1.82) is 0 Å². The lowest BCUT2D eigenvalue weighted by Crippen LogP contribution is -2.17. The van der Waals surface area contributed by atoms with Crippen LogP contribution >= 0.6 is 11.6 Å². The molecular weight excluding hydrogens is 300 g/mol. The number of alkyl halides is 1. The number of sulfonamides is 1. The summed E-state index contributed by atoms with van der Waals surface area (Å²) in [5.74, 6) is 0.388. The predicted molar refractivity (Wildman–Crippen MR) is 80.5 cm³/mol. The molecule has 0 aliphatic heterocycles. The summed E-state index contributed by atoms with van der Waals surface area (Å²) in [5.41, 5.74) is 1.03. The van der Waals surface area contributed by atoms with Crippen LogP contribution in [0.1, 0.15) is 19.3 Å². The summed E-state index contributed by atoms with van der Waals surface area (Å²) in [6.45, 7) is 0. The zero-order valence-electron chi connectivity index (χ0n) is 10.9. The van der Waals surface area contributed by atoms with Gasteiger partial charge in [0.05, 0.1) is 11.4 Å². The molecule has 0 atom stereocenters. The Labute approximate surface area is 123 Å². The third-order valence-electron chi connectivity index (χ3n) is 2.90. The van der Waals surface area contributed by atoms with Crippen LogP contribution in [0.4, 0.5) is 11.4 Å². The first-order valence-corrected chi connectivity index (χ1v) is 8.66. The number of amides is 1. The van der Waals surface area contributed by atoms with Crippen LogP contribution in [0.5, 0.6) is 0 Å². The zero-order chi connectivity index (χ0) is 14.6. The van der Waals surface area contributed by atoms with Gasteiger partial charge in [-0.25, -0.2) is 8.42 Å². The number of benzene rings is 1. The molecule has 0 bridgehead atoms. The standard InChI is InChI=1S/C13H17ClN2O3S/c14-7-2-8-20(18,19)16-12-4-1-3-11(9-12)15-13(17)10-5-6-10/h1,3-4,9-10,16H,2,5-8H2,(H,15,17). The van der Waals surface area contributed by atoms with Crippen molar-refractivity contribution in [2.75, 3.05) is 21.7 Å². The van der Waals surface area contributed by atoms with Crippen LogP contribution in [-0.4, -0.2) is 26.0 Å². The Hall–Kier alpha value is -1.27. The van der Waals surface area contributed by atoms with E-state index in [1.807, 2.05) is 0 Å². The van der Waals surface area contributed by atoms with E-state index in [1.54, 1.807) is 24.3 Å². The van der Waals surface area contributed by atoms with Crippen molar-refractivity contribution in [2.24, 2.45) is 5.92 Å². The smallest absolute Gasteiger partial charge is 0.232 e. The fourth-order valence-corrected chi connectivity index (χ4v) is 3.13. The number of hydrogen-bond donors (Lipinski definition) is 2. The number of rotatable bonds is 7. The molecule has 2 N–H and O–H groups in total. The molecule has 1 amide bonds. The van der Waals surface area contributed by atoms with Crippen molar-refractivity contribution < 1.29 is 13.2 Å². The summed E-state index contributed by atoms with van der Waals surface area (Å²) in [5, 5.41) is 2.78. The average Bonchev–Trinajstić information content (AvgIpc) is 3.20. The largest absolute Gasteiger partial charge is 0.326 e. The normalized spacial score (nSPS) is 14.8. The molecule has 0 unspecified atom stereocenters. The van der Waals surface area contributed by atoms with Gasteiger partial charge in [-0.15, -0.1) is 11.6 Å². The minimum absolute atomic E-state index is 0.00727. The van der Waals surface area contributed by atoms with Gasteiger partial charge >= 0.3 is 0 Å². The first-order valence-electron chi connectivity index (χ1n) is 6.47. The Balaban J connectivity index is 1.99. The van der Waals surface area contributed by atoms with Crippen LogP contribution in [0, 0.1) is 5.92 Å². The zero-order valence-corrected chi connectivity index (χ0v) is 12.5. The number of carbonyl (C=O) groups excluding carboxylic acids is 1. The Morgan fingerprint density at radius 1 is 1.30 bits per heavy atom. The molecule has 0 saturated heterocycles. The molecular formula is C13H17ClN2O3S. The molecule has 1 aromatic rings. The van der Waals surface area contributed by atoms with E-state index in [9.17, 15) is 13.2 Å². The Kier molecular flexibility index (Phi) is 4.88. The van der Waals surface area contributed by atoms with Gasteiger partial charge in [0.2, 0.25) is 15.9 Å². The molecule has 1 aliphatic rings. The molecule has 0 heterocycles. The van der Waals surface area contributed by atoms with Gasteiger partial charge in [0, 0.05) is 17.5 Å². The molecule has 5 nitrogen and oxygen atoms in total. The van der Waals surface area contributed by atoms with Crippen LogP contribution in [-0.2, 0) is 14.8 Å². The first kappa shape index (κ1) is 15.1. The summed E-state index contributed by atoms with van der Waals surface area (Å²) in [6.07, 6.45) is 2.25. The highest BCUT2D eigenvalue weighted by molar-refractivity contribution is 7.92. The van der Waals surface area contributed by atoms with E-state index in [2.05, 4.69) is 10.0 Å². The molecule has 110 valence electrons. The molecule has 1 aromatic carbocycles. The summed E-state index contributed by atoms with van der Waals surface area (Å²) in [6, 6.07) is 6.68. The number of nitrogens with one attached hydrogen (secondary N) is 2. The van der Waals surface area contributed by atoms with E-state index in [-0.39, 0.29) is 17.6 Å². The molecule has 0 spiro atoms. The summed E-state index contributed by atoms with van der Waals surface area (Å²) >= 11 is 5.49. The molecule has 7 heteroatoms. The lowest BCUT2D eigenvalue weighted by molar-refractivity contribution is -0.117. The van der Waals surface area contributed by atoms with Gasteiger partial charge in [0.1, 0.15) is 0 Å². The van der Waals surface area contributed by atoms with Crippen LogP contribution in [0.15, 0.2) is 24.3 Å². The monoisotopic (exact) mass is 316 g/mol. The van der Waals surface area contributed by atoms with E-state index < -0.39 is 10.0 Å². The highest BCUT2D eigenvalue weighted by Gasteiger charge is 2.29. The molecule has 2 rings (SSSR count). The quantitative estimate of drug-likeness (QED) is 0.758. The van der Waals surface area contributed by atoms with Gasteiger partial charge in [-0.1, -0.05) is 6.07 Å². The lowest BCUT2D eigenvalue weighted by atomic mass is 10.2. The van der Waals surface area contributed by atoms with Crippen LogP contribution < -0.4 is 10.0 Å².